The molecule has 1 N–H and O–H groups in total. The molecule has 0 fully saturated rings. The summed E-state index contributed by atoms with van der Waals surface area (Å²) in [5.41, 5.74) is 2.94. The van der Waals surface area contributed by atoms with E-state index in [0.717, 1.165) is 6.54 Å². The third-order valence-electron chi connectivity index (χ3n) is 4.16. The molecule has 2 heteroatoms. The lowest BCUT2D eigenvalue weighted by atomic mass is 9.94. The average Bonchev–Trinajstić information content (AvgIpc) is 2.45. The van der Waals surface area contributed by atoms with Gasteiger partial charge in [0.1, 0.15) is 0 Å². The Kier molecular flexibility index (Phi) is 5.26. The van der Waals surface area contributed by atoms with Gasteiger partial charge in [-0.05, 0) is 44.4 Å². The Balaban J connectivity index is 2.19. The maximum absolute atomic E-state index is 3.69. The van der Waals surface area contributed by atoms with Crippen LogP contribution in [0.1, 0.15) is 58.1 Å². The van der Waals surface area contributed by atoms with Crippen molar-refractivity contribution in [1.29, 1.82) is 0 Å². The number of hydrogen-bond donors (Lipinski definition) is 1. The molecule has 0 aromatic heterocycles. The summed E-state index contributed by atoms with van der Waals surface area (Å²) < 4.78 is 0. The molecule has 1 aromatic rings. The van der Waals surface area contributed by atoms with Crippen LogP contribution in [-0.4, -0.2) is 19.1 Å². The topological polar surface area (TPSA) is 15.3 Å². The maximum atomic E-state index is 3.69. The highest BCUT2D eigenvalue weighted by Gasteiger charge is 2.26. The minimum Gasteiger partial charge on any atom is -0.368 e. The molecule has 0 radical (unpaired) electrons. The van der Waals surface area contributed by atoms with Crippen LogP contribution in [0.4, 0.5) is 5.69 Å². The van der Waals surface area contributed by atoms with E-state index in [0.29, 0.717) is 12.1 Å². The van der Waals surface area contributed by atoms with E-state index in [9.17, 15) is 0 Å². The lowest BCUT2D eigenvalue weighted by Gasteiger charge is -2.40. The number of nitrogens with one attached hydrogen (secondary N) is 1. The molecule has 2 rings (SSSR count). The second kappa shape index (κ2) is 6.95. The first-order valence-corrected chi connectivity index (χ1v) is 7.86. The zero-order valence-corrected chi connectivity index (χ0v) is 12.7. The molecule has 19 heavy (non-hydrogen) atoms. The Labute approximate surface area is 118 Å². The summed E-state index contributed by atoms with van der Waals surface area (Å²) in [6, 6.07) is 10.1. The highest BCUT2D eigenvalue weighted by molar-refractivity contribution is 5.57. The standard InChI is InChI=1S/C17H28N2/c1-4-8-14(3)19-13-11-16(18-12-5-2)15-9-6-7-10-17(15)19/h6-7,9-10,14,16,18H,4-5,8,11-13H2,1-3H3. The largest absolute Gasteiger partial charge is 0.368 e. The fourth-order valence-electron chi connectivity index (χ4n) is 3.15. The van der Waals surface area contributed by atoms with Crippen molar-refractivity contribution in [2.75, 3.05) is 18.0 Å². The van der Waals surface area contributed by atoms with E-state index in [1.165, 1.54) is 43.5 Å². The van der Waals surface area contributed by atoms with Gasteiger partial charge in [-0.1, -0.05) is 38.5 Å². The van der Waals surface area contributed by atoms with E-state index in [1.807, 2.05) is 0 Å². The summed E-state index contributed by atoms with van der Waals surface area (Å²) in [5.74, 6) is 0. The SMILES string of the molecule is CCCNC1CCN(C(C)CCC)c2ccccc21. The average molecular weight is 260 g/mol. The van der Waals surface area contributed by atoms with Gasteiger partial charge >= 0.3 is 0 Å². The quantitative estimate of drug-likeness (QED) is 0.827. The van der Waals surface area contributed by atoms with Crippen molar-refractivity contribution in [3.8, 4) is 0 Å². The Morgan fingerprint density at radius 2 is 2.05 bits per heavy atom. The molecule has 1 aliphatic heterocycles. The highest BCUT2D eigenvalue weighted by atomic mass is 15.2. The van der Waals surface area contributed by atoms with Crippen molar-refractivity contribution in [2.45, 2.75) is 58.5 Å². The molecule has 0 aliphatic carbocycles. The fourth-order valence-corrected chi connectivity index (χ4v) is 3.15. The molecule has 0 amide bonds. The molecule has 1 aromatic carbocycles. The third-order valence-corrected chi connectivity index (χ3v) is 4.16. The predicted octanol–water partition coefficient (Wildman–Crippen LogP) is 4.13. The van der Waals surface area contributed by atoms with Gasteiger partial charge in [0.2, 0.25) is 0 Å². The molecule has 2 unspecified atom stereocenters. The summed E-state index contributed by atoms with van der Waals surface area (Å²) in [6.07, 6.45) is 4.97. The molecule has 0 saturated carbocycles. The number of para-hydroxylation sites is 1. The number of benzene rings is 1. The van der Waals surface area contributed by atoms with Gasteiger partial charge in [-0.15, -0.1) is 0 Å². The fraction of sp³-hybridized carbons (Fsp3) is 0.647. The van der Waals surface area contributed by atoms with Crippen LogP contribution < -0.4 is 10.2 Å². The zero-order valence-electron chi connectivity index (χ0n) is 12.7. The van der Waals surface area contributed by atoms with E-state index >= 15 is 0 Å². The molecular weight excluding hydrogens is 232 g/mol. The maximum Gasteiger partial charge on any atom is 0.0417 e. The van der Waals surface area contributed by atoms with Gasteiger partial charge < -0.3 is 10.2 Å². The van der Waals surface area contributed by atoms with Gasteiger partial charge in [0.05, 0.1) is 0 Å². The summed E-state index contributed by atoms with van der Waals surface area (Å²) >= 11 is 0. The van der Waals surface area contributed by atoms with Gasteiger partial charge in [-0.3, -0.25) is 0 Å². The number of nitrogens with zero attached hydrogens (tertiary/aromatic N) is 1. The van der Waals surface area contributed by atoms with Crippen LogP contribution in [0.2, 0.25) is 0 Å². The van der Waals surface area contributed by atoms with E-state index in [-0.39, 0.29) is 0 Å². The van der Waals surface area contributed by atoms with Gasteiger partial charge in [-0.25, -0.2) is 0 Å². The van der Waals surface area contributed by atoms with Crippen LogP contribution in [0.3, 0.4) is 0 Å². The lowest BCUT2D eigenvalue weighted by Crippen LogP contribution is -2.41. The molecule has 1 heterocycles. The zero-order chi connectivity index (χ0) is 13.7. The number of hydrogen-bond acceptors (Lipinski definition) is 2. The van der Waals surface area contributed by atoms with Crippen LogP contribution in [0.5, 0.6) is 0 Å². The van der Waals surface area contributed by atoms with Crippen molar-refractivity contribution in [3.05, 3.63) is 29.8 Å². The summed E-state index contributed by atoms with van der Waals surface area (Å²) in [4.78, 5) is 2.60. The molecule has 106 valence electrons. The molecule has 1 aliphatic rings. The minimum atomic E-state index is 0.543. The Morgan fingerprint density at radius 3 is 2.79 bits per heavy atom. The van der Waals surface area contributed by atoms with Crippen LogP contribution in [-0.2, 0) is 0 Å². The van der Waals surface area contributed by atoms with Crippen LogP contribution in [0.25, 0.3) is 0 Å². The van der Waals surface area contributed by atoms with Crippen molar-refractivity contribution in [2.24, 2.45) is 0 Å². The Morgan fingerprint density at radius 1 is 1.26 bits per heavy atom. The Bertz CT molecular complexity index is 389. The van der Waals surface area contributed by atoms with Crippen LogP contribution in [0, 0.1) is 0 Å². The first kappa shape index (κ1) is 14.4. The van der Waals surface area contributed by atoms with Gasteiger partial charge in [-0.2, -0.15) is 0 Å². The van der Waals surface area contributed by atoms with Crippen molar-refractivity contribution in [3.63, 3.8) is 0 Å². The number of rotatable bonds is 6. The molecular formula is C17H28N2. The van der Waals surface area contributed by atoms with Gasteiger partial charge in [0.15, 0.2) is 0 Å². The van der Waals surface area contributed by atoms with Crippen molar-refractivity contribution in [1.82, 2.24) is 5.32 Å². The van der Waals surface area contributed by atoms with E-state index in [1.54, 1.807) is 0 Å². The summed E-state index contributed by atoms with van der Waals surface area (Å²) in [7, 11) is 0. The van der Waals surface area contributed by atoms with Crippen LogP contribution in [0.15, 0.2) is 24.3 Å². The normalized spacial score (nSPS) is 20.2. The van der Waals surface area contributed by atoms with Crippen LogP contribution >= 0.6 is 0 Å². The van der Waals surface area contributed by atoms with E-state index in [2.05, 4.69) is 55.3 Å². The molecule has 0 bridgehead atoms. The monoisotopic (exact) mass is 260 g/mol. The first-order chi connectivity index (χ1) is 9.27. The second-order valence-corrected chi connectivity index (χ2v) is 5.69. The number of fused-ring (bicyclic) bond motifs is 1. The van der Waals surface area contributed by atoms with E-state index in [4.69, 9.17) is 0 Å². The highest BCUT2D eigenvalue weighted by Crippen LogP contribution is 2.35. The van der Waals surface area contributed by atoms with Crippen molar-refractivity contribution < 1.29 is 0 Å². The molecule has 0 saturated heterocycles. The minimum absolute atomic E-state index is 0.543. The second-order valence-electron chi connectivity index (χ2n) is 5.69. The third kappa shape index (κ3) is 3.30. The predicted molar refractivity (Wildman–Crippen MR) is 83.8 cm³/mol. The van der Waals surface area contributed by atoms with Crippen molar-refractivity contribution >= 4 is 5.69 Å². The molecule has 2 atom stereocenters. The van der Waals surface area contributed by atoms with Gasteiger partial charge in [0, 0.05) is 24.3 Å². The Hall–Kier alpha value is -1.02. The van der Waals surface area contributed by atoms with E-state index < -0.39 is 0 Å². The lowest BCUT2D eigenvalue weighted by molar-refractivity contribution is 0.454. The molecule has 2 nitrogen and oxygen atoms in total. The smallest absolute Gasteiger partial charge is 0.0417 e. The van der Waals surface area contributed by atoms with Gasteiger partial charge in [0.25, 0.3) is 0 Å². The summed E-state index contributed by atoms with van der Waals surface area (Å²) in [6.45, 7) is 9.17. The number of anilines is 1. The summed E-state index contributed by atoms with van der Waals surface area (Å²) in [5, 5.41) is 3.69. The molecule has 0 spiro atoms. The first-order valence-electron chi connectivity index (χ1n) is 7.86.